The van der Waals surface area contributed by atoms with E-state index in [2.05, 4.69) is 15.2 Å². The fourth-order valence-electron chi connectivity index (χ4n) is 3.05. The van der Waals surface area contributed by atoms with Gasteiger partial charge >= 0.3 is 5.97 Å². The number of carbonyl (C=O) groups is 1. The van der Waals surface area contributed by atoms with Gasteiger partial charge < -0.3 is 15.0 Å². The number of rotatable bonds is 2. The van der Waals surface area contributed by atoms with E-state index in [1.807, 2.05) is 6.07 Å². The van der Waals surface area contributed by atoms with Crippen molar-refractivity contribution in [3.05, 3.63) is 24.0 Å². The Bertz CT molecular complexity index is 453. The molecule has 6 heteroatoms. The molecule has 0 saturated carbocycles. The Morgan fingerprint density at radius 2 is 2.11 bits per heavy atom. The van der Waals surface area contributed by atoms with Crippen LogP contribution in [0.2, 0.25) is 0 Å². The number of nitrogens with one attached hydrogen (secondary N) is 1. The summed E-state index contributed by atoms with van der Waals surface area (Å²) in [6.45, 7) is 1.97. The molecule has 0 radical (unpaired) electrons. The fraction of sp³-hybridized carbons (Fsp3) is 0.538. The van der Waals surface area contributed by atoms with Gasteiger partial charge in [-0.25, -0.2) is 4.79 Å². The number of piperazine rings is 1. The van der Waals surface area contributed by atoms with Gasteiger partial charge in [-0.05, 0) is 18.9 Å². The van der Waals surface area contributed by atoms with Gasteiger partial charge in [0.15, 0.2) is 0 Å². The molecule has 0 aliphatic carbocycles. The summed E-state index contributed by atoms with van der Waals surface area (Å²) in [5.74, 6) is -0.309. The lowest BCUT2D eigenvalue weighted by atomic mass is 10.1. The van der Waals surface area contributed by atoms with Crippen molar-refractivity contribution in [2.24, 2.45) is 0 Å². The second kappa shape index (κ2) is 5.75. The molecule has 5 nitrogen and oxygen atoms in total. The molecule has 2 bridgehead atoms. The Morgan fingerprint density at radius 3 is 2.74 bits per heavy atom. The SMILES string of the molecule is COC(=O)c1cnccc1N1C2CCC1CNC2.Cl. The van der Waals surface area contributed by atoms with Crippen LogP contribution in [-0.4, -0.2) is 43.2 Å². The van der Waals surface area contributed by atoms with Crippen molar-refractivity contribution >= 4 is 24.1 Å². The average Bonchev–Trinajstić information content (AvgIpc) is 2.67. The van der Waals surface area contributed by atoms with E-state index in [0.717, 1.165) is 18.8 Å². The van der Waals surface area contributed by atoms with Crippen molar-refractivity contribution in [2.45, 2.75) is 24.9 Å². The first-order chi connectivity index (χ1) is 8.81. The fourth-order valence-corrected chi connectivity index (χ4v) is 3.05. The quantitative estimate of drug-likeness (QED) is 0.828. The van der Waals surface area contributed by atoms with Gasteiger partial charge in [-0.15, -0.1) is 12.4 Å². The van der Waals surface area contributed by atoms with Gasteiger partial charge in [-0.3, -0.25) is 4.98 Å². The van der Waals surface area contributed by atoms with E-state index in [0.29, 0.717) is 17.6 Å². The summed E-state index contributed by atoms with van der Waals surface area (Å²) >= 11 is 0. The number of hydrogen-bond acceptors (Lipinski definition) is 5. The van der Waals surface area contributed by atoms with Crippen molar-refractivity contribution in [3.8, 4) is 0 Å². The predicted molar refractivity (Wildman–Crippen MR) is 75.0 cm³/mol. The summed E-state index contributed by atoms with van der Waals surface area (Å²) in [6, 6.07) is 2.88. The average molecular weight is 284 g/mol. The van der Waals surface area contributed by atoms with Crippen LogP contribution < -0.4 is 10.2 Å². The number of anilines is 1. The van der Waals surface area contributed by atoms with E-state index in [-0.39, 0.29) is 18.4 Å². The summed E-state index contributed by atoms with van der Waals surface area (Å²) in [5.41, 5.74) is 1.53. The van der Waals surface area contributed by atoms with E-state index < -0.39 is 0 Å². The first kappa shape index (κ1) is 14.1. The topological polar surface area (TPSA) is 54.5 Å². The number of pyridine rings is 1. The van der Waals surface area contributed by atoms with Crippen LogP contribution in [0.15, 0.2) is 18.5 Å². The van der Waals surface area contributed by atoms with Crippen LogP contribution in [-0.2, 0) is 4.74 Å². The number of ether oxygens (including phenoxy) is 1. The van der Waals surface area contributed by atoms with Gasteiger partial charge in [-0.1, -0.05) is 0 Å². The minimum absolute atomic E-state index is 0. The van der Waals surface area contributed by atoms with Gasteiger partial charge in [0.25, 0.3) is 0 Å². The lowest BCUT2D eigenvalue weighted by Crippen LogP contribution is -2.52. The molecule has 2 aliphatic rings. The minimum Gasteiger partial charge on any atom is -0.465 e. The number of esters is 1. The Balaban J connectivity index is 0.00000133. The van der Waals surface area contributed by atoms with Crippen LogP contribution in [0.5, 0.6) is 0 Å². The normalized spacial score (nSPS) is 24.8. The standard InChI is InChI=1S/C13H17N3O2.ClH/c1-18-13(17)11-8-14-5-4-12(11)16-9-2-3-10(16)7-15-6-9;/h4-5,8-10,15H,2-3,6-7H2,1H3;1H. The van der Waals surface area contributed by atoms with Crippen LogP contribution in [0.4, 0.5) is 5.69 Å². The highest BCUT2D eigenvalue weighted by Crippen LogP contribution is 2.34. The van der Waals surface area contributed by atoms with Crippen LogP contribution in [0.1, 0.15) is 23.2 Å². The van der Waals surface area contributed by atoms with Gasteiger partial charge in [0.05, 0.1) is 12.8 Å². The number of aromatic nitrogens is 1. The number of carbonyl (C=O) groups excluding carboxylic acids is 1. The number of hydrogen-bond donors (Lipinski definition) is 1. The Hall–Kier alpha value is -1.33. The van der Waals surface area contributed by atoms with E-state index in [1.54, 1.807) is 12.4 Å². The maximum atomic E-state index is 11.8. The third-order valence-corrected chi connectivity index (χ3v) is 3.86. The Morgan fingerprint density at radius 1 is 1.42 bits per heavy atom. The molecular weight excluding hydrogens is 266 g/mol. The van der Waals surface area contributed by atoms with E-state index in [9.17, 15) is 4.79 Å². The number of methoxy groups -OCH3 is 1. The molecule has 2 atom stereocenters. The molecule has 3 rings (SSSR count). The van der Waals surface area contributed by atoms with Gasteiger partial charge in [-0.2, -0.15) is 0 Å². The molecule has 19 heavy (non-hydrogen) atoms. The zero-order valence-corrected chi connectivity index (χ0v) is 11.7. The minimum atomic E-state index is -0.309. The predicted octanol–water partition coefficient (Wildman–Crippen LogP) is 1.23. The monoisotopic (exact) mass is 283 g/mol. The van der Waals surface area contributed by atoms with Crippen LogP contribution in [0.25, 0.3) is 0 Å². The van der Waals surface area contributed by atoms with Crippen molar-refractivity contribution in [2.75, 3.05) is 25.1 Å². The summed E-state index contributed by atoms with van der Waals surface area (Å²) < 4.78 is 4.84. The van der Waals surface area contributed by atoms with Crippen molar-refractivity contribution < 1.29 is 9.53 Å². The highest BCUT2D eigenvalue weighted by Gasteiger charge is 2.38. The lowest BCUT2D eigenvalue weighted by Gasteiger charge is -2.37. The summed E-state index contributed by atoms with van der Waals surface area (Å²) in [4.78, 5) is 18.2. The van der Waals surface area contributed by atoms with Crippen molar-refractivity contribution in [3.63, 3.8) is 0 Å². The number of halogens is 1. The molecular formula is C13H18ClN3O2. The second-order valence-corrected chi connectivity index (χ2v) is 4.83. The zero-order valence-electron chi connectivity index (χ0n) is 10.8. The largest absolute Gasteiger partial charge is 0.465 e. The molecule has 0 amide bonds. The summed E-state index contributed by atoms with van der Waals surface area (Å²) in [7, 11) is 1.41. The highest BCUT2D eigenvalue weighted by atomic mass is 35.5. The highest BCUT2D eigenvalue weighted by molar-refractivity contribution is 5.95. The molecule has 3 heterocycles. The molecule has 2 saturated heterocycles. The first-order valence-electron chi connectivity index (χ1n) is 6.32. The van der Waals surface area contributed by atoms with Gasteiger partial charge in [0, 0.05) is 37.6 Å². The third kappa shape index (κ3) is 2.40. The van der Waals surface area contributed by atoms with E-state index in [4.69, 9.17) is 4.74 Å². The molecule has 1 aromatic heterocycles. The van der Waals surface area contributed by atoms with Gasteiger partial charge in [0.2, 0.25) is 0 Å². The molecule has 2 unspecified atom stereocenters. The van der Waals surface area contributed by atoms with Crippen molar-refractivity contribution in [1.29, 1.82) is 0 Å². The van der Waals surface area contributed by atoms with Crippen molar-refractivity contribution in [1.82, 2.24) is 10.3 Å². The lowest BCUT2D eigenvalue weighted by molar-refractivity contribution is 0.0601. The maximum Gasteiger partial charge on any atom is 0.341 e. The van der Waals surface area contributed by atoms with Crippen LogP contribution in [0, 0.1) is 0 Å². The molecule has 104 valence electrons. The molecule has 2 aliphatic heterocycles. The number of fused-ring (bicyclic) bond motifs is 2. The molecule has 2 fully saturated rings. The summed E-state index contributed by atoms with van der Waals surface area (Å²) in [6.07, 6.45) is 5.70. The molecule has 0 aromatic carbocycles. The first-order valence-corrected chi connectivity index (χ1v) is 6.32. The second-order valence-electron chi connectivity index (χ2n) is 4.83. The summed E-state index contributed by atoms with van der Waals surface area (Å²) in [5, 5.41) is 3.44. The van der Waals surface area contributed by atoms with Gasteiger partial charge in [0.1, 0.15) is 5.56 Å². The molecule has 1 N–H and O–H groups in total. The Kier molecular flexibility index (Phi) is 4.27. The van der Waals surface area contributed by atoms with E-state index >= 15 is 0 Å². The zero-order chi connectivity index (χ0) is 12.5. The Labute approximate surface area is 118 Å². The van der Waals surface area contributed by atoms with Crippen LogP contribution in [0.3, 0.4) is 0 Å². The van der Waals surface area contributed by atoms with E-state index in [1.165, 1.54) is 20.0 Å². The number of nitrogens with zero attached hydrogens (tertiary/aromatic N) is 2. The maximum absolute atomic E-state index is 11.8. The molecule has 0 spiro atoms. The smallest absolute Gasteiger partial charge is 0.341 e. The van der Waals surface area contributed by atoms with Crippen LogP contribution >= 0.6 is 12.4 Å². The third-order valence-electron chi connectivity index (χ3n) is 3.86. The molecule has 1 aromatic rings.